The molecule has 3 rings (SSSR count). The van der Waals surface area contributed by atoms with Crippen LogP contribution in [0.2, 0.25) is 0 Å². The third-order valence-electron chi connectivity index (χ3n) is 4.35. The molecule has 6 nitrogen and oxygen atoms in total. The van der Waals surface area contributed by atoms with Crippen LogP contribution in [-0.4, -0.2) is 46.2 Å². The predicted molar refractivity (Wildman–Crippen MR) is 104 cm³/mol. The van der Waals surface area contributed by atoms with Crippen LogP contribution >= 0.6 is 24.2 Å². The molecule has 154 valence electrons. The molecule has 0 saturated carbocycles. The van der Waals surface area contributed by atoms with Gasteiger partial charge in [0.15, 0.2) is 5.69 Å². The summed E-state index contributed by atoms with van der Waals surface area (Å²) in [6, 6.07) is 3.82. The number of amides is 1. The van der Waals surface area contributed by atoms with E-state index in [4.69, 9.17) is 0 Å². The monoisotopic (exact) mass is 435 g/mol. The highest BCUT2D eigenvalue weighted by molar-refractivity contribution is 7.99. The molecule has 1 amide bonds. The van der Waals surface area contributed by atoms with Gasteiger partial charge in [-0.15, -0.1) is 29.3 Å². The molecule has 2 heterocycles. The summed E-state index contributed by atoms with van der Waals surface area (Å²) < 4.78 is 40.3. The second kappa shape index (κ2) is 10.1. The van der Waals surface area contributed by atoms with Crippen LogP contribution in [-0.2, 0) is 0 Å². The molecule has 0 unspecified atom stereocenters. The molecule has 1 fully saturated rings. The van der Waals surface area contributed by atoms with Crippen molar-refractivity contribution in [3.05, 3.63) is 35.4 Å². The van der Waals surface area contributed by atoms with E-state index in [0.29, 0.717) is 10.6 Å². The summed E-state index contributed by atoms with van der Waals surface area (Å²) in [5.74, 6) is -1.56. The molecule has 1 aromatic heterocycles. The van der Waals surface area contributed by atoms with E-state index >= 15 is 0 Å². The van der Waals surface area contributed by atoms with E-state index in [1.165, 1.54) is 12.1 Å². The minimum Gasteiger partial charge on any atom is -0.319 e. The Morgan fingerprint density at radius 3 is 2.79 bits per heavy atom. The van der Waals surface area contributed by atoms with Crippen LogP contribution < -0.4 is 10.6 Å². The molecule has 0 atom stereocenters. The third-order valence-corrected chi connectivity index (χ3v) is 5.44. The van der Waals surface area contributed by atoms with E-state index in [9.17, 15) is 18.0 Å². The van der Waals surface area contributed by atoms with Crippen molar-refractivity contribution in [3.8, 4) is 0 Å². The molecule has 1 aromatic carbocycles. The normalized spacial score (nSPS) is 14.8. The number of anilines is 1. The molecular formula is C17H21ClF3N5OS. The fraction of sp³-hybridized carbons (Fsp3) is 0.471. The highest BCUT2D eigenvalue weighted by atomic mass is 35.5. The van der Waals surface area contributed by atoms with Crippen molar-refractivity contribution in [2.45, 2.75) is 37.1 Å². The number of nitrogens with one attached hydrogen (secondary N) is 2. The second-order valence-electron chi connectivity index (χ2n) is 6.25. The van der Waals surface area contributed by atoms with Crippen molar-refractivity contribution in [1.29, 1.82) is 0 Å². The van der Waals surface area contributed by atoms with Gasteiger partial charge in [0.05, 0.1) is 23.2 Å². The van der Waals surface area contributed by atoms with Crippen LogP contribution in [0.25, 0.3) is 0 Å². The molecule has 0 spiro atoms. The molecule has 11 heteroatoms. The molecule has 1 aliphatic rings. The summed E-state index contributed by atoms with van der Waals surface area (Å²) in [4.78, 5) is 13.0. The van der Waals surface area contributed by atoms with Gasteiger partial charge < -0.3 is 10.6 Å². The number of hydrogen-bond donors (Lipinski definition) is 2. The number of carbonyl (C=O) groups excluding carboxylic acids is 1. The van der Waals surface area contributed by atoms with Crippen molar-refractivity contribution in [3.63, 3.8) is 0 Å². The van der Waals surface area contributed by atoms with Crippen LogP contribution in [0.1, 0.15) is 35.1 Å². The number of benzene rings is 1. The maximum Gasteiger partial charge on any atom is 0.278 e. The quantitative estimate of drug-likeness (QED) is 0.677. The lowest BCUT2D eigenvalue weighted by atomic mass is 10.1. The molecule has 0 aliphatic carbocycles. The van der Waals surface area contributed by atoms with Gasteiger partial charge >= 0.3 is 0 Å². The molecule has 0 radical (unpaired) electrons. The van der Waals surface area contributed by atoms with Crippen molar-refractivity contribution in [1.82, 2.24) is 20.3 Å². The van der Waals surface area contributed by atoms with Crippen molar-refractivity contribution >= 4 is 35.8 Å². The Labute approximate surface area is 171 Å². The average molecular weight is 436 g/mol. The van der Waals surface area contributed by atoms with Gasteiger partial charge in [-0.2, -0.15) is 0 Å². The van der Waals surface area contributed by atoms with Gasteiger partial charge in [-0.3, -0.25) is 4.79 Å². The maximum absolute atomic E-state index is 13.6. The average Bonchev–Trinajstić information content (AvgIpc) is 3.03. The van der Waals surface area contributed by atoms with Gasteiger partial charge in [0.1, 0.15) is 5.82 Å². The van der Waals surface area contributed by atoms with Crippen LogP contribution in [0.15, 0.2) is 23.1 Å². The molecule has 28 heavy (non-hydrogen) atoms. The van der Waals surface area contributed by atoms with Crippen molar-refractivity contribution in [2.24, 2.45) is 0 Å². The number of piperidine rings is 1. The van der Waals surface area contributed by atoms with E-state index in [1.54, 1.807) is 11.6 Å². The van der Waals surface area contributed by atoms with Gasteiger partial charge in [0.25, 0.3) is 5.91 Å². The van der Waals surface area contributed by atoms with Gasteiger partial charge in [0.2, 0.25) is 6.43 Å². The Balaban J connectivity index is 0.00000280. The zero-order valence-corrected chi connectivity index (χ0v) is 16.8. The van der Waals surface area contributed by atoms with Crippen molar-refractivity contribution < 1.29 is 18.0 Å². The van der Waals surface area contributed by atoms with Crippen molar-refractivity contribution in [2.75, 3.05) is 24.2 Å². The first-order chi connectivity index (χ1) is 13.0. The highest BCUT2D eigenvalue weighted by Gasteiger charge is 2.23. The number of rotatable bonds is 6. The Bertz CT molecular complexity index is 814. The highest BCUT2D eigenvalue weighted by Crippen LogP contribution is 2.30. The minimum absolute atomic E-state index is 0. The standard InChI is InChI=1S/C17H20F3N5OS.ClH/c1-10-16(23-24-25(10)12-4-6-21-7-5-12)17(26)22-13-8-11(18)2-3-14(13)27-9-15(19)20;/h2-3,8,12,15,21H,4-7,9H2,1H3,(H,22,26);1H. The molecule has 2 N–H and O–H groups in total. The largest absolute Gasteiger partial charge is 0.319 e. The SMILES string of the molecule is Cc1c(C(=O)Nc2cc(F)ccc2SCC(F)F)nnn1C1CCNCC1.Cl. The molecule has 0 bridgehead atoms. The van der Waals surface area contributed by atoms with E-state index in [-0.39, 0.29) is 29.8 Å². The second-order valence-corrected chi connectivity index (χ2v) is 7.31. The number of carbonyl (C=O) groups is 1. The number of hydrogen-bond acceptors (Lipinski definition) is 5. The summed E-state index contributed by atoms with van der Waals surface area (Å²) in [6.45, 7) is 3.51. The van der Waals surface area contributed by atoms with Crippen LogP contribution in [0.4, 0.5) is 18.9 Å². The molecular weight excluding hydrogens is 415 g/mol. The zero-order valence-electron chi connectivity index (χ0n) is 15.1. The zero-order chi connectivity index (χ0) is 19.4. The predicted octanol–water partition coefficient (Wildman–Crippen LogP) is 3.68. The van der Waals surface area contributed by atoms with E-state index in [1.807, 2.05) is 0 Å². The van der Waals surface area contributed by atoms with E-state index in [2.05, 4.69) is 20.9 Å². The van der Waals surface area contributed by atoms with Gasteiger partial charge in [-0.05, 0) is 51.1 Å². The Morgan fingerprint density at radius 2 is 2.11 bits per heavy atom. The lowest BCUT2D eigenvalue weighted by Crippen LogP contribution is -2.30. The van der Waals surface area contributed by atoms with Gasteiger partial charge in [-0.25, -0.2) is 17.9 Å². The Morgan fingerprint density at radius 1 is 1.39 bits per heavy atom. The molecule has 2 aromatic rings. The van der Waals surface area contributed by atoms with Crippen LogP contribution in [0, 0.1) is 12.7 Å². The Kier molecular flexibility index (Phi) is 8.14. The molecule has 1 saturated heterocycles. The molecule has 1 aliphatic heterocycles. The Hall–Kier alpha value is -1.78. The summed E-state index contributed by atoms with van der Waals surface area (Å²) >= 11 is 0.854. The van der Waals surface area contributed by atoms with E-state index in [0.717, 1.165) is 43.8 Å². The minimum atomic E-state index is -2.50. The number of nitrogens with zero attached hydrogens (tertiary/aromatic N) is 3. The fourth-order valence-electron chi connectivity index (χ4n) is 3.01. The maximum atomic E-state index is 13.6. The van der Waals surface area contributed by atoms with Crippen LogP contribution in [0.5, 0.6) is 0 Å². The smallest absolute Gasteiger partial charge is 0.278 e. The summed E-state index contributed by atoms with van der Waals surface area (Å²) in [7, 11) is 0. The topological polar surface area (TPSA) is 71.8 Å². The first-order valence-corrected chi connectivity index (χ1v) is 9.58. The first kappa shape index (κ1) is 22.5. The number of alkyl halides is 2. The van der Waals surface area contributed by atoms with E-state index < -0.39 is 23.9 Å². The summed E-state index contributed by atoms with van der Waals surface area (Å²) in [5.41, 5.74) is 0.904. The number of thioether (sulfide) groups is 1. The fourth-order valence-corrected chi connectivity index (χ4v) is 3.74. The number of halogens is 4. The summed E-state index contributed by atoms with van der Waals surface area (Å²) in [5, 5.41) is 13.9. The lowest BCUT2D eigenvalue weighted by Gasteiger charge is -2.23. The summed E-state index contributed by atoms with van der Waals surface area (Å²) in [6.07, 6.45) is -0.719. The number of aromatic nitrogens is 3. The van der Waals surface area contributed by atoms with Gasteiger partial charge in [0, 0.05) is 4.90 Å². The lowest BCUT2D eigenvalue weighted by molar-refractivity contribution is 0.102. The first-order valence-electron chi connectivity index (χ1n) is 8.60. The van der Waals surface area contributed by atoms with Gasteiger partial charge in [-0.1, -0.05) is 5.21 Å². The third kappa shape index (κ3) is 5.39. The van der Waals surface area contributed by atoms with Crippen LogP contribution in [0.3, 0.4) is 0 Å².